The highest BCUT2D eigenvalue weighted by Crippen LogP contribution is 2.13. The smallest absolute Gasteiger partial charge is 0.325 e. The number of methoxy groups -OCH3 is 1. The number of nitrogens with two attached hydrogens (primary N) is 1. The van der Waals surface area contributed by atoms with Gasteiger partial charge in [0.2, 0.25) is 0 Å². The summed E-state index contributed by atoms with van der Waals surface area (Å²) in [5.74, 6) is 1.13. The van der Waals surface area contributed by atoms with Crippen LogP contribution >= 0.6 is 0 Å². The van der Waals surface area contributed by atoms with Gasteiger partial charge in [-0.3, -0.25) is 4.79 Å². The molecule has 0 aromatic carbocycles. The summed E-state index contributed by atoms with van der Waals surface area (Å²) in [7, 11) is 1.39. The highest BCUT2D eigenvalue weighted by Gasteiger charge is 2.28. The van der Waals surface area contributed by atoms with E-state index in [-0.39, 0.29) is 5.97 Å². The van der Waals surface area contributed by atoms with Gasteiger partial charge in [0, 0.05) is 0 Å². The van der Waals surface area contributed by atoms with Gasteiger partial charge in [0.15, 0.2) is 0 Å². The first-order valence-electron chi connectivity index (χ1n) is 8.28. The van der Waals surface area contributed by atoms with E-state index in [0.29, 0.717) is 6.42 Å². The van der Waals surface area contributed by atoms with E-state index in [1.807, 2.05) is 0 Å². The molecule has 0 heterocycles. The van der Waals surface area contributed by atoms with Crippen molar-refractivity contribution in [2.24, 2.45) is 17.6 Å². The highest BCUT2D eigenvalue weighted by atomic mass is 16.5. The van der Waals surface area contributed by atoms with E-state index in [2.05, 4.69) is 32.6 Å². The Morgan fingerprint density at radius 1 is 1.10 bits per heavy atom. The Morgan fingerprint density at radius 2 is 1.57 bits per heavy atom. The molecule has 0 aliphatic heterocycles. The lowest BCUT2D eigenvalue weighted by Crippen LogP contribution is -2.46. The van der Waals surface area contributed by atoms with Crippen molar-refractivity contribution in [2.45, 2.75) is 65.8 Å². The normalized spacial score (nSPS) is 14.8. The summed E-state index contributed by atoms with van der Waals surface area (Å²) in [5.41, 5.74) is 5.14. The molecule has 0 fully saturated rings. The van der Waals surface area contributed by atoms with Gasteiger partial charge in [0.1, 0.15) is 5.54 Å². The molecule has 4 nitrogen and oxygen atoms in total. The van der Waals surface area contributed by atoms with Gasteiger partial charge in [-0.15, -0.1) is 0 Å². The molecular formula is C17H36N2O2. The third kappa shape index (κ3) is 9.86. The van der Waals surface area contributed by atoms with Crippen molar-refractivity contribution in [1.82, 2.24) is 4.90 Å². The second kappa shape index (κ2) is 10.2. The zero-order valence-electron chi connectivity index (χ0n) is 14.9. The first kappa shape index (κ1) is 20.4. The van der Waals surface area contributed by atoms with Crippen molar-refractivity contribution < 1.29 is 9.53 Å². The van der Waals surface area contributed by atoms with E-state index in [4.69, 9.17) is 10.5 Å². The molecule has 21 heavy (non-hydrogen) atoms. The number of hydrogen-bond acceptors (Lipinski definition) is 4. The molecule has 0 saturated carbocycles. The van der Waals surface area contributed by atoms with Crippen molar-refractivity contribution in [2.75, 3.05) is 26.7 Å². The standard InChI is InChI=1S/C17H36N2O2/c1-14(2)8-12-19(13-9-15(3)4)11-7-10-17(5,18)16(20)21-6/h14-15H,7-13,18H2,1-6H3. The van der Waals surface area contributed by atoms with Crippen LogP contribution in [0.15, 0.2) is 0 Å². The first-order valence-corrected chi connectivity index (χ1v) is 8.28. The van der Waals surface area contributed by atoms with Crippen LogP contribution in [-0.2, 0) is 9.53 Å². The van der Waals surface area contributed by atoms with Crippen LogP contribution in [0.3, 0.4) is 0 Å². The predicted molar refractivity (Wildman–Crippen MR) is 89.2 cm³/mol. The molecule has 4 heteroatoms. The molecule has 1 unspecified atom stereocenters. The number of ether oxygens (including phenoxy) is 1. The molecule has 0 bridgehead atoms. The van der Waals surface area contributed by atoms with Crippen LogP contribution in [0.1, 0.15) is 60.3 Å². The van der Waals surface area contributed by atoms with Gasteiger partial charge in [-0.2, -0.15) is 0 Å². The Labute approximate surface area is 131 Å². The fraction of sp³-hybridized carbons (Fsp3) is 0.941. The predicted octanol–water partition coefficient (Wildman–Crippen LogP) is 3.05. The molecule has 0 aliphatic carbocycles. The minimum Gasteiger partial charge on any atom is -0.468 e. The lowest BCUT2D eigenvalue weighted by atomic mass is 9.97. The Bertz CT molecular complexity index is 277. The summed E-state index contributed by atoms with van der Waals surface area (Å²) >= 11 is 0. The van der Waals surface area contributed by atoms with Crippen LogP contribution in [-0.4, -0.2) is 43.2 Å². The third-order valence-corrected chi connectivity index (χ3v) is 3.87. The lowest BCUT2D eigenvalue weighted by Gasteiger charge is -2.26. The number of carbonyl (C=O) groups excluding carboxylic acids is 1. The van der Waals surface area contributed by atoms with Gasteiger partial charge in [-0.1, -0.05) is 27.7 Å². The summed E-state index contributed by atoms with van der Waals surface area (Å²) in [6, 6.07) is 0. The summed E-state index contributed by atoms with van der Waals surface area (Å²) < 4.78 is 4.75. The molecular weight excluding hydrogens is 264 g/mol. The fourth-order valence-corrected chi connectivity index (χ4v) is 2.22. The van der Waals surface area contributed by atoms with Crippen molar-refractivity contribution in [3.05, 3.63) is 0 Å². The molecule has 126 valence electrons. The average molecular weight is 300 g/mol. The molecule has 1 atom stereocenters. The van der Waals surface area contributed by atoms with Gasteiger partial charge in [0.25, 0.3) is 0 Å². The van der Waals surface area contributed by atoms with Crippen molar-refractivity contribution in [3.8, 4) is 0 Å². The minimum absolute atomic E-state index is 0.321. The fourth-order valence-electron chi connectivity index (χ4n) is 2.22. The van der Waals surface area contributed by atoms with E-state index < -0.39 is 5.54 Å². The summed E-state index contributed by atoms with van der Waals surface area (Å²) in [6.07, 6.45) is 4.03. The van der Waals surface area contributed by atoms with E-state index >= 15 is 0 Å². The number of esters is 1. The monoisotopic (exact) mass is 300 g/mol. The Balaban J connectivity index is 4.23. The molecule has 0 spiro atoms. The lowest BCUT2D eigenvalue weighted by molar-refractivity contribution is -0.146. The van der Waals surface area contributed by atoms with Gasteiger partial charge in [0.05, 0.1) is 7.11 Å². The molecule has 0 radical (unpaired) electrons. The van der Waals surface area contributed by atoms with Crippen LogP contribution in [0.5, 0.6) is 0 Å². The maximum Gasteiger partial charge on any atom is 0.325 e. The van der Waals surface area contributed by atoms with E-state index in [1.54, 1.807) is 6.92 Å². The maximum atomic E-state index is 11.6. The molecule has 0 aromatic rings. The second-order valence-corrected chi connectivity index (χ2v) is 7.22. The molecule has 2 N–H and O–H groups in total. The SMILES string of the molecule is COC(=O)C(C)(N)CCCN(CCC(C)C)CCC(C)C. The average Bonchev–Trinajstić information content (AvgIpc) is 2.39. The third-order valence-electron chi connectivity index (χ3n) is 3.87. The first-order chi connectivity index (χ1) is 9.69. The quantitative estimate of drug-likeness (QED) is 0.596. The van der Waals surface area contributed by atoms with Crippen molar-refractivity contribution in [1.29, 1.82) is 0 Å². The van der Waals surface area contributed by atoms with Gasteiger partial charge in [-0.05, 0) is 64.1 Å². The number of hydrogen-bond donors (Lipinski definition) is 1. The number of carbonyl (C=O) groups is 1. The molecule has 0 aliphatic rings. The van der Waals surface area contributed by atoms with Crippen LogP contribution in [0, 0.1) is 11.8 Å². The minimum atomic E-state index is -0.865. The van der Waals surface area contributed by atoms with Crippen molar-refractivity contribution in [3.63, 3.8) is 0 Å². The zero-order valence-corrected chi connectivity index (χ0v) is 14.9. The Hall–Kier alpha value is -0.610. The maximum absolute atomic E-state index is 11.6. The topological polar surface area (TPSA) is 55.6 Å². The van der Waals surface area contributed by atoms with Crippen molar-refractivity contribution >= 4 is 5.97 Å². The summed E-state index contributed by atoms with van der Waals surface area (Å²) in [6.45, 7) is 14.1. The molecule has 0 aromatic heterocycles. The Kier molecular flexibility index (Phi) is 9.88. The number of nitrogens with zero attached hydrogens (tertiary/aromatic N) is 1. The summed E-state index contributed by atoms with van der Waals surface area (Å²) in [5, 5.41) is 0. The Morgan fingerprint density at radius 3 is 1.95 bits per heavy atom. The summed E-state index contributed by atoms with van der Waals surface area (Å²) in [4.78, 5) is 14.1. The van der Waals surface area contributed by atoms with Crippen LogP contribution in [0.2, 0.25) is 0 Å². The van der Waals surface area contributed by atoms with E-state index in [9.17, 15) is 4.79 Å². The second-order valence-electron chi connectivity index (χ2n) is 7.22. The van der Waals surface area contributed by atoms with Gasteiger partial charge < -0.3 is 15.4 Å². The molecule has 0 saturated heterocycles. The zero-order chi connectivity index (χ0) is 16.5. The highest BCUT2D eigenvalue weighted by molar-refractivity contribution is 5.79. The number of rotatable bonds is 11. The largest absolute Gasteiger partial charge is 0.468 e. The van der Waals surface area contributed by atoms with E-state index in [1.165, 1.54) is 20.0 Å². The van der Waals surface area contributed by atoms with Crippen LogP contribution < -0.4 is 5.73 Å². The van der Waals surface area contributed by atoms with Crippen LogP contribution in [0.4, 0.5) is 0 Å². The van der Waals surface area contributed by atoms with Gasteiger partial charge in [-0.25, -0.2) is 0 Å². The molecule has 0 amide bonds. The van der Waals surface area contributed by atoms with E-state index in [0.717, 1.165) is 37.9 Å². The van der Waals surface area contributed by atoms with Crippen LogP contribution in [0.25, 0.3) is 0 Å². The molecule has 0 rings (SSSR count). The van der Waals surface area contributed by atoms with Gasteiger partial charge >= 0.3 is 5.97 Å².